The molecule has 14 heteroatoms. The monoisotopic (exact) mass is 563 g/mol. The molecule has 1 aliphatic rings. The molecule has 0 spiro atoms. The first-order valence-electron chi connectivity index (χ1n) is 11.9. The number of hydrogen-bond acceptors (Lipinski definition) is 8. The molecular weight excluding hydrogens is 538 g/mol. The number of nitrogens with one attached hydrogen (secondary N) is 1. The third-order valence-corrected chi connectivity index (χ3v) is 7.91. The summed E-state index contributed by atoms with van der Waals surface area (Å²) >= 11 is 0. The van der Waals surface area contributed by atoms with Crippen LogP contribution in [0.2, 0.25) is 0 Å². The Kier molecular flexibility index (Phi) is 7.65. The van der Waals surface area contributed by atoms with Gasteiger partial charge in [0, 0.05) is 32.4 Å². The summed E-state index contributed by atoms with van der Waals surface area (Å²) in [6.45, 7) is 6.14. The van der Waals surface area contributed by atoms with Gasteiger partial charge in [0.1, 0.15) is 23.4 Å². The highest BCUT2D eigenvalue weighted by atomic mass is 32.2. The second kappa shape index (κ2) is 10.6. The first kappa shape index (κ1) is 28.0. The molecular formula is C25H25F4N7O2S. The van der Waals surface area contributed by atoms with Crippen LogP contribution < -0.4 is 14.5 Å². The van der Waals surface area contributed by atoms with Gasteiger partial charge in [-0.2, -0.15) is 18.4 Å². The highest BCUT2D eigenvalue weighted by molar-refractivity contribution is 7.92. The summed E-state index contributed by atoms with van der Waals surface area (Å²) in [7, 11) is -4.11. The Morgan fingerprint density at radius 3 is 2.38 bits per heavy atom. The Labute approximate surface area is 223 Å². The Morgan fingerprint density at radius 2 is 1.72 bits per heavy atom. The van der Waals surface area contributed by atoms with E-state index < -0.39 is 27.7 Å². The molecule has 39 heavy (non-hydrogen) atoms. The zero-order chi connectivity index (χ0) is 28.5. The summed E-state index contributed by atoms with van der Waals surface area (Å²) in [5.74, 6) is -0.249. The summed E-state index contributed by atoms with van der Waals surface area (Å²) in [6.07, 6.45) is -2.99. The maximum Gasteiger partial charge on any atom is 0.433 e. The van der Waals surface area contributed by atoms with Crippen LogP contribution in [0.4, 0.5) is 35.0 Å². The molecule has 1 fully saturated rings. The van der Waals surface area contributed by atoms with Gasteiger partial charge in [-0.05, 0) is 62.6 Å². The van der Waals surface area contributed by atoms with Gasteiger partial charge in [-0.3, -0.25) is 4.72 Å². The smallest absolute Gasteiger partial charge is 0.354 e. The van der Waals surface area contributed by atoms with Crippen LogP contribution in [0.1, 0.15) is 34.5 Å². The molecule has 1 aromatic carbocycles. The van der Waals surface area contributed by atoms with Crippen molar-refractivity contribution >= 4 is 27.5 Å². The number of aryl methyl sites for hydroxylation is 2. The van der Waals surface area contributed by atoms with Gasteiger partial charge >= 0.3 is 6.18 Å². The van der Waals surface area contributed by atoms with Crippen molar-refractivity contribution in [1.29, 1.82) is 5.26 Å². The fourth-order valence-electron chi connectivity index (χ4n) is 4.44. The molecule has 0 aliphatic carbocycles. The lowest BCUT2D eigenvalue weighted by atomic mass is 10.1. The molecule has 4 rings (SSSR count). The molecule has 206 valence electrons. The van der Waals surface area contributed by atoms with E-state index in [0.717, 1.165) is 24.4 Å². The minimum absolute atomic E-state index is 0.0339. The molecule has 3 heterocycles. The van der Waals surface area contributed by atoms with Crippen LogP contribution in [-0.4, -0.2) is 49.5 Å². The molecule has 0 saturated carbocycles. The van der Waals surface area contributed by atoms with Gasteiger partial charge in [0.25, 0.3) is 10.0 Å². The third-order valence-electron chi connectivity index (χ3n) is 6.40. The Balaban J connectivity index is 1.61. The van der Waals surface area contributed by atoms with Gasteiger partial charge in [-0.15, -0.1) is 0 Å². The fourth-order valence-corrected chi connectivity index (χ4v) is 5.85. The number of nitrogens with zero attached hydrogens (tertiary/aromatic N) is 6. The predicted octanol–water partition coefficient (Wildman–Crippen LogP) is 4.34. The summed E-state index contributed by atoms with van der Waals surface area (Å²) < 4.78 is 81.5. The largest absolute Gasteiger partial charge is 0.433 e. The highest BCUT2D eigenvalue weighted by Crippen LogP contribution is 2.33. The van der Waals surface area contributed by atoms with Crippen LogP contribution >= 0.6 is 0 Å². The van der Waals surface area contributed by atoms with Gasteiger partial charge in [-0.1, -0.05) is 0 Å². The Hall–Kier alpha value is -3.99. The van der Waals surface area contributed by atoms with Crippen molar-refractivity contribution in [2.75, 3.05) is 40.7 Å². The lowest BCUT2D eigenvalue weighted by Gasteiger charge is -2.26. The third kappa shape index (κ3) is 5.88. The summed E-state index contributed by atoms with van der Waals surface area (Å²) in [5, 5.41) is 9.97. The van der Waals surface area contributed by atoms with Crippen molar-refractivity contribution in [2.45, 2.75) is 38.3 Å². The zero-order valence-corrected chi connectivity index (χ0v) is 22.2. The second-order valence-electron chi connectivity index (χ2n) is 9.09. The van der Waals surface area contributed by atoms with Crippen LogP contribution in [0.15, 0.2) is 35.4 Å². The van der Waals surface area contributed by atoms with E-state index in [9.17, 15) is 31.2 Å². The molecule has 2 aromatic heterocycles. The topological polar surface area (TPSA) is 115 Å². The van der Waals surface area contributed by atoms with E-state index >= 15 is 0 Å². The number of rotatable bonds is 5. The number of sulfonamides is 1. The molecule has 9 nitrogen and oxygen atoms in total. The first-order chi connectivity index (χ1) is 18.3. The number of pyridine rings is 1. The quantitative estimate of drug-likeness (QED) is 0.456. The predicted molar refractivity (Wildman–Crippen MR) is 136 cm³/mol. The normalized spacial score (nSPS) is 14.6. The van der Waals surface area contributed by atoms with E-state index in [1.165, 1.54) is 13.0 Å². The summed E-state index contributed by atoms with van der Waals surface area (Å²) in [6, 6.07) is 6.26. The lowest BCUT2D eigenvalue weighted by molar-refractivity contribution is -0.141. The maximum atomic E-state index is 13.5. The maximum absolute atomic E-state index is 13.5. The van der Waals surface area contributed by atoms with Gasteiger partial charge in [0.05, 0.1) is 21.8 Å². The highest BCUT2D eigenvalue weighted by Gasteiger charge is 2.33. The SMILES string of the molecule is Cc1cc(F)ccc1S(=O)(=O)Nc1c(C)nc(N2CCCN(c3nccc(C(F)(F)F)n3)CC2)c(C#N)c1C. The molecule has 0 atom stereocenters. The molecule has 0 amide bonds. The first-order valence-corrected chi connectivity index (χ1v) is 13.4. The minimum Gasteiger partial charge on any atom is -0.354 e. The molecule has 1 N–H and O–H groups in total. The molecule has 0 radical (unpaired) electrons. The fraction of sp³-hybridized carbons (Fsp3) is 0.360. The van der Waals surface area contributed by atoms with Gasteiger partial charge in [0.2, 0.25) is 5.95 Å². The standard InChI is InChI=1S/C25H25F4N7O2S/c1-15-13-18(26)5-6-20(15)39(37,38)34-22-16(2)19(14-30)23(32-17(22)3)35-9-4-10-36(12-11-35)24-31-8-7-21(33-24)25(27,28)29/h5-8,13,34H,4,9-12H2,1-3H3. The number of nitriles is 1. The summed E-state index contributed by atoms with van der Waals surface area (Å²) in [5.41, 5.74) is 0.201. The Morgan fingerprint density at radius 1 is 1.03 bits per heavy atom. The van der Waals surface area contributed by atoms with Gasteiger partial charge < -0.3 is 9.80 Å². The number of alkyl halides is 3. The van der Waals surface area contributed by atoms with Crippen molar-refractivity contribution in [2.24, 2.45) is 0 Å². The molecule has 1 aliphatic heterocycles. The van der Waals surface area contributed by atoms with E-state index in [0.29, 0.717) is 43.1 Å². The van der Waals surface area contributed by atoms with Crippen LogP contribution in [0.5, 0.6) is 0 Å². The second-order valence-corrected chi connectivity index (χ2v) is 10.7. The Bertz CT molecular complexity index is 1560. The number of benzene rings is 1. The van der Waals surface area contributed by atoms with E-state index in [-0.39, 0.29) is 34.2 Å². The van der Waals surface area contributed by atoms with Crippen LogP contribution in [0.25, 0.3) is 0 Å². The van der Waals surface area contributed by atoms with Crippen LogP contribution in [0, 0.1) is 37.9 Å². The zero-order valence-electron chi connectivity index (χ0n) is 21.3. The van der Waals surface area contributed by atoms with Crippen molar-refractivity contribution in [3.63, 3.8) is 0 Å². The average molecular weight is 564 g/mol. The van der Waals surface area contributed by atoms with Crippen LogP contribution in [-0.2, 0) is 16.2 Å². The number of anilines is 3. The molecule has 0 unspecified atom stereocenters. The van der Waals surface area contributed by atoms with Crippen molar-refractivity contribution in [3.05, 3.63) is 64.4 Å². The molecule has 0 bridgehead atoms. The number of hydrogen-bond donors (Lipinski definition) is 1. The van der Waals surface area contributed by atoms with Crippen molar-refractivity contribution in [3.8, 4) is 6.07 Å². The number of halogens is 4. The van der Waals surface area contributed by atoms with E-state index in [1.807, 2.05) is 4.90 Å². The van der Waals surface area contributed by atoms with Gasteiger partial charge in [-0.25, -0.2) is 27.8 Å². The lowest BCUT2D eigenvalue weighted by Crippen LogP contribution is -2.33. The summed E-state index contributed by atoms with van der Waals surface area (Å²) in [4.78, 5) is 15.6. The van der Waals surface area contributed by atoms with Crippen molar-refractivity contribution in [1.82, 2.24) is 15.0 Å². The van der Waals surface area contributed by atoms with E-state index in [1.54, 1.807) is 18.7 Å². The van der Waals surface area contributed by atoms with E-state index in [2.05, 4.69) is 25.7 Å². The van der Waals surface area contributed by atoms with E-state index in [4.69, 9.17) is 0 Å². The van der Waals surface area contributed by atoms with Crippen molar-refractivity contribution < 1.29 is 26.0 Å². The van der Waals surface area contributed by atoms with Gasteiger partial charge in [0.15, 0.2) is 0 Å². The average Bonchev–Trinajstić information content (AvgIpc) is 3.12. The number of aromatic nitrogens is 3. The molecule has 1 saturated heterocycles. The van der Waals surface area contributed by atoms with Crippen LogP contribution in [0.3, 0.4) is 0 Å². The molecule has 3 aromatic rings. The minimum atomic E-state index is -4.59.